The van der Waals surface area contributed by atoms with Crippen LogP contribution in [-0.2, 0) is 6.54 Å². The second kappa shape index (κ2) is 6.02. The molecule has 0 radical (unpaired) electrons. The van der Waals surface area contributed by atoms with Crippen LogP contribution in [0.2, 0.25) is 5.02 Å². The molecule has 0 spiro atoms. The molecular weight excluding hydrogens is 327 g/mol. The summed E-state index contributed by atoms with van der Waals surface area (Å²) in [6, 6.07) is 18.6. The second-order valence-electron chi connectivity index (χ2n) is 5.42. The maximum Gasteiger partial charge on any atom is 0.182 e. The molecule has 4 nitrogen and oxygen atoms in total. The fraction of sp³-hybridized carbons (Fsp3) is 0.0556. The summed E-state index contributed by atoms with van der Waals surface area (Å²) in [5.74, 6) is 0.197. The first kappa shape index (κ1) is 14.8. The van der Waals surface area contributed by atoms with Gasteiger partial charge in [-0.1, -0.05) is 54.1 Å². The number of rotatable bonds is 3. The third-order valence-corrected chi connectivity index (χ3v) is 4.26. The average molecular weight is 339 g/mol. The lowest BCUT2D eigenvalue weighted by atomic mass is 10.1. The van der Waals surface area contributed by atoms with E-state index in [-0.39, 0.29) is 12.4 Å². The van der Waals surface area contributed by atoms with E-state index in [0.29, 0.717) is 16.4 Å². The maximum atomic E-state index is 14.0. The Labute approximate surface area is 142 Å². The smallest absolute Gasteiger partial charge is 0.182 e. The Kier molecular flexibility index (Phi) is 3.70. The van der Waals surface area contributed by atoms with Crippen molar-refractivity contribution in [2.24, 2.45) is 0 Å². The van der Waals surface area contributed by atoms with Gasteiger partial charge in [0.2, 0.25) is 0 Å². The first-order chi connectivity index (χ1) is 11.7. The topological polar surface area (TPSA) is 43.6 Å². The lowest BCUT2D eigenvalue weighted by molar-refractivity contribution is 0.579. The van der Waals surface area contributed by atoms with Crippen molar-refractivity contribution in [3.63, 3.8) is 0 Å². The SMILES string of the molecule is Fc1cccc(Cl)c1Cn1nnnc1-c1ccc2ccccc2c1. The van der Waals surface area contributed by atoms with Crippen LogP contribution in [0.25, 0.3) is 22.2 Å². The van der Waals surface area contributed by atoms with Crippen LogP contribution in [0.5, 0.6) is 0 Å². The van der Waals surface area contributed by atoms with Crippen LogP contribution in [0.1, 0.15) is 5.56 Å². The van der Waals surface area contributed by atoms with Crippen molar-refractivity contribution in [2.75, 3.05) is 0 Å². The van der Waals surface area contributed by atoms with Crippen molar-refractivity contribution in [3.05, 3.63) is 77.1 Å². The highest BCUT2D eigenvalue weighted by molar-refractivity contribution is 6.31. The van der Waals surface area contributed by atoms with E-state index in [2.05, 4.69) is 15.5 Å². The predicted molar refractivity (Wildman–Crippen MR) is 91.3 cm³/mol. The standard InChI is InChI=1S/C18H12ClFN4/c19-16-6-3-7-17(20)15(16)11-24-18(21-22-23-24)14-9-8-12-4-1-2-5-13(12)10-14/h1-10H,11H2. The molecule has 4 rings (SSSR count). The Morgan fingerprint density at radius 3 is 2.62 bits per heavy atom. The van der Waals surface area contributed by atoms with Crippen molar-refractivity contribution < 1.29 is 4.39 Å². The van der Waals surface area contributed by atoms with E-state index in [4.69, 9.17) is 11.6 Å². The zero-order valence-electron chi connectivity index (χ0n) is 12.5. The molecule has 118 valence electrons. The number of aromatic nitrogens is 4. The molecule has 0 fully saturated rings. The van der Waals surface area contributed by atoms with Crippen molar-refractivity contribution in [2.45, 2.75) is 6.54 Å². The Bertz CT molecular complexity index is 1010. The summed E-state index contributed by atoms with van der Waals surface area (Å²) < 4.78 is 15.6. The second-order valence-corrected chi connectivity index (χ2v) is 5.83. The Hall–Kier alpha value is -2.79. The fourth-order valence-corrected chi connectivity index (χ4v) is 2.90. The first-order valence-corrected chi connectivity index (χ1v) is 7.78. The summed E-state index contributed by atoms with van der Waals surface area (Å²) in [6.07, 6.45) is 0. The van der Waals surface area contributed by atoms with Crippen LogP contribution in [0, 0.1) is 5.82 Å². The molecule has 0 saturated carbocycles. The molecule has 0 saturated heterocycles. The van der Waals surface area contributed by atoms with Gasteiger partial charge in [-0.3, -0.25) is 0 Å². The summed E-state index contributed by atoms with van der Waals surface area (Å²) in [4.78, 5) is 0. The van der Waals surface area contributed by atoms with Crippen LogP contribution in [0.3, 0.4) is 0 Å². The highest BCUT2D eigenvalue weighted by atomic mass is 35.5. The molecular formula is C18H12ClFN4. The molecule has 0 aliphatic carbocycles. The highest BCUT2D eigenvalue weighted by Crippen LogP contribution is 2.25. The third kappa shape index (κ3) is 2.63. The van der Waals surface area contributed by atoms with E-state index in [1.165, 1.54) is 6.07 Å². The molecule has 0 unspecified atom stereocenters. The first-order valence-electron chi connectivity index (χ1n) is 7.40. The molecule has 4 aromatic rings. The normalized spacial score (nSPS) is 11.1. The van der Waals surface area contributed by atoms with Gasteiger partial charge in [0, 0.05) is 16.1 Å². The number of benzene rings is 3. The van der Waals surface area contributed by atoms with E-state index in [0.717, 1.165) is 16.3 Å². The summed E-state index contributed by atoms with van der Waals surface area (Å²) in [6.45, 7) is 0.167. The predicted octanol–water partition coefficient (Wildman–Crippen LogP) is 4.33. The Balaban J connectivity index is 1.76. The molecule has 0 atom stereocenters. The van der Waals surface area contributed by atoms with E-state index < -0.39 is 0 Å². The van der Waals surface area contributed by atoms with E-state index >= 15 is 0 Å². The molecule has 3 aromatic carbocycles. The van der Waals surface area contributed by atoms with Crippen LogP contribution in [-0.4, -0.2) is 20.2 Å². The molecule has 0 bridgehead atoms. The van der Waals surface area contributed by atoms with Crippen LogP contribution >= 0.6 is 11.6 Å². The van der Waals surface area contributed by atoms with Gasteiger partial charge in [-0.25, -0.2) is 9.07 Å². The van der Waals surface area contributed by atoms with Gasteiger partial charge < -0.3 is 0 Å². The molecule has 24 heavy (non-hydrogen) atoms. The largest absolute Gasteiger partial charge is 0.221 e. The minimum absolute atomic E-state index is 0.167. The quantitative estimate of drug-likeness (QED) is 0.558. The van der Waals surface area contributed by atoms with Crippen molar-refractivity contribution >= 4 is 22.4 Å². The van der Waals surface area contributed by atoms with Gasteiger partial charge in [0.15, 0.2) is 5.82 Å². The van der Waals surface area contributed by atoms with Gasteiger partial charge in [0.05, 0.1) is 6.54 Å². The Morgan fingerprint density at radius 1 is 0.958 bits per heavy atom. The molecule has 0 N–H and O–H groups in total. The molecule has 0 amide bonds. The van der Waals surface area contributed by atoms with Crippen LogP contribution in [0.4, 0.5) is 4.39 Å². The lowest BCUT2D eigenvalue weighted by Gasteiger charge is -2.08. The van der Waals surface area contributed by atoms with Gasteiger partial charge in [0.25, 0.3) is 0 Å². The zero-order valence-corrected chi connectivity index (χ0v) is 13.3. The van der Waals surface area contributed by atoms with Crippen LogP contribution < -0.4 is 0 Å². The summed E-state index contributed by atoms with van der Waals surface area (Å²) in [7, 11) is 0. The van der Waals surface area contributed by atoms with Gasteiger partial charge in [-0.05, 0) is 39.4 Å². The lowest BCUT2D eigenvalue weighted by Crippen LogP contribution is -2.06. The third-order valence-electron chi connectivity index (χ3n) is 3.91. The average Bonchev–Trinajstić information content (AvgIpc) is 3.06. The van der Waals surface area contributed by atoms with Crippen molar-refractivity contribution in [1.82, 2.24) is 20.2 Å². The number of tetrazole rings is 1. The minimum atomic E-state index is -0.373. The number of hydrogen-bond acceptors (Lipinski definition) is 3. The highest BCUT2D eigenvalue weighted by Gasteiger charge is 2.14. The monoisotopic (exact) mass is 338 g/mol. The van der Waals surface area contributed by atoms with E-state index in [1.54, 1.807) is 16.8 Å². The maximum absolute atomic E-state index is 14.0. The van der Waals surface area contributed by atoms with Crippen LogP contribution in [0.15, 0.2) is 60.7 Å². The number of nitrogens with zero attached hydrogens (tertiary/aromatic N) is 4. The van der Waals surface area contributed by atoms with E-state index in [9.17, 15) is 4.39 Å². The molecule has 1 heterocycles. The zero-order chi connectivity index (χ0) is 16.5. The number of fused-ring (bicyclic) bond motifs is 1. The van der Waals surface area contributed by atoms with Gasteiger partial charge in [0.1, 0.15) is 5.82 Å². The van der Waals surface area contributed by atoms with Crippen molar-refractivity contribution in [1.29, 1.82) is 0 Å². The Morgan fingerprint density at radius 2 is 1.79 bits per heavy atom. The summed E-state index contributed by atoms with van der Waals surface area (Å²) in [5.41, 5.74) is 1.24. The minimum Gasteiger partial charge on any atom is -0.221 e. The number of hydrogen-bond donors (Lipinski definition) is 0. The number of halogens is 2. The van der Waals surface area contributed by atoms with Gasteiger partial charge in [-0.2, -0.15) is 0 Å². The van der Waals surface area contributed by atoms with E-state index in [1.807, 2.05) is 42.5 Å². The molecule has 1 aromatic heterocycles. The fourth-order valence-electron chi connectivity index (χ4n) is 2.68. The van der Waals surface area contributed by atoms with Gasteiger partial charge >= 0.3 is 0 Å². The van der Waals surface area contributed by atoms with Gasteiger partial charge in [-0.15, -0.1) is 5.10 Å². The summed E-state index contributed by atoms with van der Waals surface area (Å²) in [5, 5.41) is 14.4. The summed E-state index contributed by atoms with van der Waals surface area (Å²) >= 11 is 6.10. The molecule has 6 heteroatoms. The molecule has 0 aliphatic rings. The molecule has 0 aliphatic heterocycles. The van der Waals surface area contributed by atoms with Crippen molar-refractivity contribution in [3.8, 4) is 11.4 Å².